The highest BCUT2D eigenvalue weighted by Gasteiger charge is 2.52. The van der Waals surface area contributed by atoms with Gasteiger partial charge in [-0.1, -0.05) is 40.2 Å². The van der Waals surface area contributed by atoms with Gasteiger partial charge in [0.2, 0.25) is 0 Å². The third-order valence-corrected chi connectivity index (χ3v) is 8.70. The molecular weight excluding hydrogens is 456 g/mol. The van der Waals surface area contributed by atoms with Gasteiger partial charge >= 0.3 is 5.97 Å². The average Bonchev–Trinajstić information content (AvgIpc) is 3.38. The van der Waals surface area contributed by atoms with Gasteiger partial charge in [-0.15, -0.1) is 0 Å². The van der Waals surface area contributed by atoms with Crippen molar-refractivity contribution in [3.63, 3.8) is 0 Å². The number of aromatic nitrogens is 2. The average molecular weight is 499 g/mol. The number of hydrogen-bond donors (Lipinski definition) is 1. The van der Waals surface area contributed by atoms with Crippen molar-refractivity contribution in [1.29, 1.82) is 0 Å². The number of cyclic esters (lactones) is 1. The number of epoxide rings is 1. The Kier molecular flexibility index (Phi) is 7.37. The van der Waals surface area contributed by atoms with Gasteiger partial charge in [0.15, 0.2) is 0 Å². The van der Waals surface area contributed by atoms with E-state index < -0.39 is 23.5 Å². The van der Waals surface area contributed by atoms with E-state index in [4.69, 9.17) is 9.47 Å². The Morgan fingerprint density at radius 1 is 1.14 bits per heavy atom. The van der Waals surface area contributed by atoms with Crippen LogP contribution in [0.1, 0.15) is 90.6 Å². The van der Waals surface area contributed by atoms with E-state index in [2.05, 4.69) is 11.9 Å². The summed E-state index contributed by atoms with van der Waals surface area (Å²) in [6.45, 7) is 11.6. The first-order valence-corrected chi connectivity index (χ1v) is 13.3. The number of nitrogens with zero attached hydrogens (tertiary/aromatic N) is 2. The Morgan fingerprint density at radius 3 is 2.58 bits per heavy atom. The highest BCUT2D eigenvalue weighted by atomic mass is 16.6. The molecule has 1 aromatic carbocycles. The molecule has 2 aliphatic heterocycles. The monoisotopic (exact) mass is 498 g/mol. The molecule has 1 N–H and O–H groups in total. The van der Waals surface area contributed by atoms with E-state index in [0.29, 0.717) is 12.8 Å². The Labute approximate surface area is 214 Å². The summed E-state index contributed by atoms with van der Waals surface area (Å²) in [4.78, 5) is 30.9. The molecule has 7 heteroatoms. The molecule has 0 spiro atoms. The van der Waals surface area contributed by atoms with Gasteiger partial charge < -0.3 is 19.1 Å². The summed E-state index contributed by atoms with van der Waals surface area (Å²) in [5.74, 6) is 0.122. The largest absolute Gasteiger partial charge is 0.457 e. The van der Waals surface area contributed by atoms with Crippen molar-refractivity contribution in [1.82, 2.24) is 9.55 Å². The Bertz CT molecular complexity index is 1140. The molecule has 2 aromatic rings. The second kappa shape index (κ2) is 9.90. The van der Waals surface area contributed by atoms with E-state index in [0.717, 1.165) is 41.7 Å². The number of hydrogen-bond acceptors (Lipinski definition) is 6. The number of benzene rings is 1. The van der Waals surface area contributed by atoms with Crippen molar-refractivity contribution in [2.75, 3.05) is 0 Å². The molecule has 198 valence electrons. The molecule has 36 heavy (non-hydrogen) atoms. The summed E-state index contributed by atoms with van der Waals surface area (Å²) in [7, 11) is 1.99. The number of aliphatic hydroxyl groups excluding tert-OH is 1. The smallest absolute Gasteiger partial charge is 0.306 e. The fourth-order valence-electron chi connectivity index (χ4n) is 5.76. The molecule has 2 unspecified atom stereocenters. The number of ether oxygens (including phenoxy) is 2. The number of fused-ring (bicyclic) bond motifs is 2. The zero-order valence-electron chi connectivity index (χ0n) is 22.8. The van der Waals surface area contributed by atoms with Gasteiger partial charge in [-0.3, -0.25) is 9.59 Å². The highest BCUT2D eigenvalue weighted by molar-refractivity contribution is 5.87. The van der Waals surface area contributed by atoms with Crippen LogP contribution in [0, 0.1) is 24.2 Å². The zero-order valence-corrected chi connectivity index (χ0v) is 22.8. The molecule has 0 radical (unpaired) electrons. The van der Waals surface area contributed by atoms with Gasteiger partial charge in [0.1, 0.15) is 17.7 Å². The van der Waals surface area contributed by atoms with E-state index in [9.17, 15) is 14.7 Å². The number of aryl methyl sites for hydroxylation is 2. The molecule has 0 bridgehead atoms. The van der Waals surface area contributed by atoms with E-state index in [1.54, 1.807) is 6.92 Å². The minimum Gasteiger partial charge on any atom is -0.457 e. The Morgan fingerprint density at radius 2 is 1.86 bits per heavy atom. The van der Waals surface area contributed by atoms with Crippen molar-refractivity contribution < 1.29 is 24.2 Å². The van der Waals surface area contributed by atoms with Crippen LogP contribution in [0.5, 0.6) is 0 Å². The van der Waals surface area contributed by atoms with E-state index in [1.807, 2.05) is 57.5 Å². The topological polar surface area (TPSA) is 94.0 Å². The number of ketones is 1. The second-order valence-electron chi connectivity index (χ2n) is 12.0. The third-order valence-electron chi connectivity index (χ3n) is 8.70. The molecule has 3 heterocycles. The lowest BCUT2D eigenvalue weighted by Gasteiger charge is -2.31. The van der Waals surface area contributed by atoms with Crippen molar-refractivity contribution in [2.45, 2.75) is 104 Å². The number of aliphatic hydroxyl groups is 1. The molecule has 2 fully saturated rings. The lowest BCUT2D eigenvalue weighted by Crippen LogP contribution is -2.39. The van der Waals surface area contributed by atoms with Crippen molar-refractivity contribution in [2.24, 2.45) is 24.3 Å². The quantitative estimate of drug-likeness (QED) is 0.429. The van der Waals surface area contributed by atoms with Crippen LogP contribution in [-0.4, -0.2) is 44.2 Å². The fraction of sp³-hybridized carbons (Fsp3) is 0.690. The lowest BCUT2D eigenvalue weighted by atomic mass is 9.74. The summed E-state index contributed by atoms with van der Waals surface area (Å²) in [5, 5.41) is 10.9. The summed E-state index contributed by atoms with van der Waals surface area (Å²) in [5.41, 5.74) is 1.83. The van der Waals surface area contributed by atoms with E-state index in [1.165, 1.54) is 0 Å². The number of rotatable bonds is 1. The maximum atomic E-state index is 13.2. The molecule has 0 amide bonds. The van der Waals surface area contributed by atoms with Crippen LogP contribution in [0.25, 0.3) is 11.0 Å². The number of carbonyl (C=O) groups is 2. The first-order chi connectivity index (χ1) is 16.8. The number of Topliss-reactive ketones (excluding diaryl/α,β-unsaturated/α-hetero) is 1. The number of imidazole rings is 1. The van der Waals surface area contributed by atoms with E-state index in [-0.39, 0.29) is 35.8 Å². The SMILES string of the molecule is Cc1nc2cc([C@@H]3C[C@@H]4O[C@]4(C)CCC[C@H](C)C(O)C(C)C(=O)C(C)(C)CCC(=O)O3)ccc2n1C. The Hall–Kier alpha value is -2.25. The van der Waals surface area contributed by atoms with E-state index >= 15 is 0 Å². The molecule has 0 aliphatic carbocycles. The zero-order chi connectivity index (χ0) is 26.4. The molecular formula is C29H42N2O5. The molecule has 2 aliphatic rings. The molecule has 7 nitrogen and oxygen atoms in total. The van der Waals surface area contributed by atoms with Gasteiger partial charge in [-0.25, -0.2) is 4.98 Å². The molecule has 1 aromatic heterocycles. The van der Waals surface area contributed by atoms with Crippen LogP contribution < -0.4 is 0 Å². The molecule has 6 atom stereocenters. The summed E-state index contributed by atoms with van der Waals surface area (Å²) < 4.78 is 14.2. The molecule has 4 rings (SSSR count). The van der Waals surface area contributed by atoms with Gasteiger partial charge in [0.25, 0.3) is 0 Å². The van der Waals surface area contributed by atoms with Gasteiger partial charge in [0.05, 0.1) is 28.8 Å². The van der Waals surface area contributed by atoms with Crippen molar-refractivity contribution in [3.8, 4) is 0 Å². The van der Waals surface area contributed by atoms with Crippen LogP contribution in [0.4, 0.5) is 0 Å². The second-order valence-corrected chi connectivity index (χ2v) is 12.0. The fourth-order valence-corrected chi connectivity index (χ4v) is 5.76. The van der Waals surface area contributed by atoms with Crippen LogP contribution in [0.2, 0.25) is 0 Å². The maximum absolute atomic E-state index is 13.2. The van der Waals surface area contributed by atoms with Crippen molar-refractivity contribution >= 4 is 22.8 Å². The molecule has 2 saturated heterocycles. The lowest BCUT2D eigenvalue weighted by molar-refractivity contribution is -0.151. The minimum atomic E-state index is -0.728. The number of esters is 1. The van der Waals surface area contributed by atoms with Crippen LogP contribution in [0.15, 0.2) is 18.2 Å². The first kappa shape index (κ1) is 26.8. The third kappa shape index (κ3) is 5.37. The van der Waals surface area contributed by atoms with Gasteiger partial charge in [-0.05, 0) is 56.7 Å². The predicted molar refractivity (Wildman–Crippen MR) is 138 cm³/mol. The maximum Gasteiger partial charge on any atom is 0.306 e. The van der Waals surface area contributed by atoms with Gasteiger partial charge in [0, 0.05) is 31.2 Å². The molecule has 0 saturated carbocycles. The highest BCUT2D eigenvalue weighted by Crippen LogP contribution is 2.46. The summed E-state index contributed by atoms with van der Waals surface area (Å²) in [6, 6.07) is 6.05. The predicted octanol–water partition coefficient (Wildman–Crippen LogP) is 5.21. The minimum absolute atomic E-state index is 0.00143. The van der Waals surface area contributed by atoms with Crippen LogP contribution >= 0.6 is 0 Å². The standard InChI is InChI=1S/C29H42N2O5/c1-17-9-8-13-29(6)24(36-29)16-23(20-10-11-22-21(15-20)30-19(3)31(22)7)35-25(32)12-14-28(4,5)27(34)18(2)26(17)33/h10-11,15,17-18,23-24,26,33H,8-9,12-14,16H2,1-7H3/t17-,18?,23-,24-,26?,29+/m0/s1. The van der Waals surface area contributed by atoms with Crippen LogP contribution in [0.3, 0.4) is 0 Å². The van der Waals surface area contributed by atoms with Gasteiger partial charge in [-0.2, -0.15) is 0 Å². The van der Waals surface area contributed by atoms with Crippen LogP contribution in [-0.2, 0) is 26.1 Å². The summed E-state index contributed by atoms with van der Waals surface area (Å²) in [6.07, 6.45) is 2.55. The summed E-state index contributed by atoms with van der Waals surface area (Å²) >= 11 is 0. The Balaban J connectivity index is 1.60. The van der Waals surface area contributed by atoms with Crippen molar-refractivity contribution in [3.05, 3.63) is 29.6 Å². The first-order valence-electron chi connectivity index (χ1n) is 13.3. The normalized spacial score (nSPS) is 34.3. The number of carbonyl (C=O) groups excluding carboxylic acids is 2.